The predicted molar refractivity (Wildman–Crippen MR) is 110 cm³/mol. The van der Waals surface area contributed by atoms with Crippen LogP contribution >= 0.6 is 11.8 Å². The molecule has 5 nitrogen and oxygen atoms in total. The monoisotopic (exact) mass is 371 g/mol. The van der Waals surface area contributed by atoms with Gasteiger partial charge in [-0.25, -0.2) is 4.98 Å². The van der Waals surface area contributed by atoms with Crippen molar-refractivity contribution in [3.8, 4) is 0 Å². The number of aryl methyl sites for hydroxylation is 1. The highest BCUT2D eigenvalue weighted by Gasteiger charge is 2.28. The second-order valence-electron chi connectivity index (χ2n) is 6.92. The Morgan fingerprint density at radius 2 is 2.15 bits per heavy atom. The quantitative estimate of drug-likeness (QED) is 0.378. The van der Waals surface area contributed by atoms with Crippen molar-refractivity contribution in [1.29, 1.82) is 0 Å². The van der Waals surface area contributed by atoms with Gasteiger partial charge in [-0.3, -0.25) is 4.99 Å². The number of likely N-dealkylation sites (tertiary alicyclic amines) is 1. The Morgan fingerprint density at radius 1 is 1.35 bits per heavy atom. The third kappa shape index (κ3) is 4.81. The number of hydrogen-bond donors (Lipinski definition) is 1. The molecular weight excluding hydrogens is 342 g/mol. The van der Waals surface area contributed by atoms with E-state index in [1.54, 1.807) is 0 Å². The summed E-state index contributed by atoms with van der Waals surface area (Å²) in [5.74, 6) is 2.68. The SMILES string of the molecule is CN=C(NCCSc1ccc(C)cc1)N1CCC(C)C(n2ccnc2)C1. The molecule has 1 aliphatic rings. The second-order valence-corrected chi connectivity index (χ2v) is 8.09. The van der Waals surface area contributed by atoms with Crippen LogP contribution in [0.1, 0.15) is 24.9 Å². The summed E-state index contributed by atoms with van der Waals surface area (Å²) in [4.78, 5) is 12.4. The zero-order valence-corrected chi connectivity index (χ0v) is 16.7. The van der Waals surface area contributed by atoms with Crippen LogP contribution in [0.15, 0.2) is 52.9 Å². The Labute approximate surface area is 160 Å². The van der Waals surface area contributed by atoms with Crippen LogP contribution in [-0.4, -0.2) is 52.8 Å². The fourth-order valence-corrected chi connectivity index (χ4v) is 4.16. The number of aromatic nitrogens is 2. The van der Waals surface area contributed by atoms with Gasteiger partial charge in [0.15, 0.2) is 5.96 Å². The highest BCUT2D eigenvalue weighted by atomic mass is 32.2. The Bertz CT molecular complexity index is 696. The first-order chi connectivity index (χ1) is 12.7. The van der Waals surface area contributed by atoms with Crippen molar-refractivity contribution in [2.75, 3.05) is 32.4 Å². The molecule has 2 heterocycles. The number of nitrogens with one attached hydrogen (secondary N) is 1. The normalized spacial score (nSPS) is 21.0. The molecule has 1 aromatic heterocycles. The van der Waals surface area contributed by atoms with Crippen LogP contribution in [0.3, 0.4) is 0 Å². The van der Waals surface area contributed by atoms with E-state index in [9.17, 15) is 0 Å². The topological polar surface area (TPSA) is 45.5 Å². The van der Waals surface area contributed by atoms with E-state index in [0.717, 1.165) is 31.3 Å². The second kappa shape index (κ2) is 9.12. The molecule has 3 rings (SSSR count). The Morgan fingerprint density at radius 3 is 2.85 bits per heavy atom. The van der Waals surface area contributed by atoms with Gasteiger partial charge in [0.2, 0.25) is 0 Å². The Hall–Kier alpha value is -1.95. The van der Waals surface area contributed by atoms with Crippen molar-refractivity contribution in [2.45, 2.75) is 31.2 Å². The first-order valence-electron chi connectivity index (χ1n) is 9.30. The lowest BCUT2D eigenvalue weighted by Gasteiger charge is -2.39. The van der Waals surface area contributed by atoms with E-state index in [4.69, 9.17) is 0 Å². The number of aliphatic imine (C=N–C) groups is 1. The molecule has 0 aliphatic carbocycles. The van der Waals surface area contributed by atoms with Crippen LogP contribution < -0.4 is 5.32 Å². The largest absolute Gasteiger partial charge is 0.355 e. The van der Waals surface area contributed by atoms with Gasteiger partial charge in [-0.2, -0.15) is 0 Å². The standard InChI is InChI=1S/C20H29N5S/c1-16-4-6-18(7-5-16)26-13-10-23-20(21-3)24-11-8-17(2)19(14-24)25-12-9-22-15-25/h4-7,9,12,15,17,19H,8,10-11,13-14H2,1-3H3,(H,21,23). The van der Waals surface area contributed by atoms with Gasteiger partial charge >= 0.3 is 0 Å². The summed E-state index contributed by atoms with van der Waals surface area (Å²) in [6.07, 6.45) is 7.03. The minimum Gasteiger partial charge on any atom is -0.355 e. The smallest absolute Gasteiger partial charge is 0.193 e. The molecule has 26 heavy (non-hydrogen) atoms. The van der Waals surface area contributed by atoms with Crippen molar-refractivity contribution in [3.63, 3.8) is 0 Å². The number of rotatable bonds is 5. The molecule has 0 saturated carbocycles. The van der Waals surface area contributed by atoms with Crippen LogP contribution in [0.25, 0.3) is 0 Å². The van der Waals surface area contributed by atoms with Crippen molar-refractivity contribution in [2.24, 2.45) is 10.9 Å². The van der Waals surface area contributed by atoms with Crippen molar-refractivity contribution < 1.29 is 0 Å². The molecule has 0 radical (unpaired) electrons. The van der Waals surface area contributed by atoms with Crippen molar-refractivity contribution in [3.05, 3.63) is 48.5 Å². The molecule has 2 atom stereocenters. The van der Waals surface area contributed by atoms with E-state index >= 15 is 0 Å². The average molecular weight is 372 g/mol. The van der Waals surface area contributed by atoms with Crippen molar-refractivity contribution >= 4 is 17.7 Å². The van der Waals surface area contributed by atoms with E-state index < -0.39 is 0 Å². The third-order valence-electron chi connectivity index (χ3n) is 5.01. The number of hydrogen-bond acceptors (Lipinski definition) is 3. The number of benzene rings is 1. The average Bonchev–Trinajstić information content (AvgIpc) is 3.18. The van der Waals surface area contributed by atoms with E-state index in [-0.39, 0.29) is 0 Å². The van der Waals surface area contributed by atoms with Gasteiger partial charge in [-0.1, -0.05) is 24.6 Å². The van der Waals surface area contributed by atoms with Crippen LogP contribution in [-0.2, 0) is 0 Å². The van der Waals surface area contributed by atoms with Gasteiger partial charge in [0, 0.05) is 49.7 Å². The fraction of sp³-hybridized carbons (Fsp3) is 0.500. The van der Waals surface area contributed by atoms with Gasteiger partial charge in [0.25, 0.3) is 0 Å². The first kappa shape index (κ1) is 18.8. The summed E-state index contributed by atoms with van der Waals surface area (Å²) in [5, 5.41) is 3.53. The summed E-state index contributed by atoms with van der Waals surface area (Å²) in [5.41, 5.74) is 1.31. The zero-order valence-electron chi connectivity index (χ0n) is 15.9. The Kier molecular flexibility index (Phi) is 6.61. The Balaban J connectivity index is 1.49. The molecular formula is C20H29N5S. The molecule has 2 aromatic rings. The van der Waals surface area contributed by atoms with Crippen LogP contribution in [0, 0.1) is 12.8 Å². The van der Waals surface area contributed by atoms with Gasteiger partial charge in [0.1, 0.15) is 0 Å². The summed E-state index contributed by atoms with van der Waals surface area (Å²) >= 11 is 1.88. The molecule has 6 heteroatoms. The minimum absolute atomic E-state index is 0.451. The van der Waals surface area contributed by atoms with Gasteiger partial charge in [-0.15, -0.1) is 11.8 Å². The number of imidazole rings is 1. The maximum absolute atomic E-state index is 4.51. The van der Waals surface area contributed by atoms with Gasteiger partial charge in [-0.05, 0) is 31.4 Å². The van der Waals surface area contributed by atoms with Crippen molar-refractivity contribution in [1.82, 2.24) is 19.8 Å². The molecule has 0 bridgehead atoms. The van der Waals surface area contributed by atoms with Crippen LogP contribution in [0.5, 0.6) is 0 Å². The lowest BCUT2D eigenvalue weighted by atomic mass is 9.93. The highest BCUT2D eigenvalue weighted by molar-refractivity contribution is 7.99. The van der Waals surface area contributed by atoms with Gasteiger partial charge < -0.3 is 14.8 Å². The lowest BCUT2D eigenvalue weighted by molar-refractivity contribution is 0.189. The number of guanidine groups is 1. The molecule has 2 unspecified atom stereocenters. The van der Waals surface area contributed by atoms with E-state index in [1.165, 1.54) is 16.9 Å². The molecule has 0 amide bonds. The van der Waals surface area contributed by atoms with Gasteiger partial charge in [0.05, 0.1) is 12.4 Å². The third-order valence-corrected chi connectivity index (χ3v) is 6.03. The van der Waals surface area contributed by atoms with Crippen LogP contribution in [0.4, 0.5) is 0 Å². The maximum Gasteiger partial charge on any atom is 0.193 e. The molecule has 0 spiro atoms. The van der Waals surface area contributed by atoms with E-state index in [0.29, 0.717) is 12.0 Å². The number of thioether (sulfide) groups is 1. The van der Waals surface area contributed by atoms with E-state index in [1.807, 2.05) is 31.3 Å². The molecule has 1 aliphatic heterocycles. The fourth-order valence-electron chi connectivity index (χ4n) is 3.39. The van der Waals surface area contributed by atoms with Crippen LogP contribution in [0.2, 0.25) is 0 Å². The highest BCUT2D eigenvalue weighted by Crippen LogP contribution is 2.27. The molecule has 1 aromatic carbocycles. The molecule has 1 N–H and O–H groups in total. The molecule has 1 saturated heterocycles. The summed E-state index contributed by atoms with van der Waals surface area (Å²) in [7, 11) is 1.87. The molecule has 1 fully saturated rings. The predicted octanol–water partition coefficient (Wildman–Crippen LogP) is 3.44. The number of piperidine rings is 1. The summed E-state index contributed by atoms with van der Waals surface area (Å²) in [6.45, 7) is 7.39. The summed E-state index contributed by atoms with van der Waals surface area (Å²) < 4.78 is 2.23. The minimum atomic E-state index is 0.451. The number of nitrogens with zero attached hydrogens (tertiary/aromatic N) is 4. The zero-order chi connectivity index (χ0) is 18.4. The molecule has 140 valence electrons. The van der Waals surface area contributed by atoms with E-state index in [2.05, 4.69) is 69.1 Å². The summed E-state index contributed by atoms with van der Waals surface area (Å²) in [6, 6.07) is 9.17. The first-order valence-corrected chi connectivity index (χ1v) is 10.3. The lowest BCUT2D eigenvalue weighted by Crippen LogP contribution is -2.49. The maximum atomic E-state index is 4.51.